The number of hydrogen-bond donors (Lipinski definition) is 4. The fourth-order valence-electron chi connectivity index (χ4n) is 5.33. The van der Waals surface area contributed by atoms with Crippen LogP contribution in [0.4, 0.5) is 10.5 Å². The molecule has 5 rings (SSSR count). The molecule has 4 aliphatic rings. The van der Waals surface area contributed by atoms with Gasteiger partial charge < -0.3 is 20.8 Å². The average molecular weight is 302 g/mol. The SMILES string of the molecule is O=C(Nc1cc(O)cc(O)c1)NC12CC3CC(CC(C3)C1)C2. The Labute approximate surface area is 129 Å². The van der Waals surface area contributed by atoms with E-state index in [-0.39, 0.29) is 23.1 Å². The van der Waals surface area contributed by atoms with Crippen molar-refractivity contribution >= 4 is 11.7 Å². The molecule has 1 aromatic carbocycles. The second-order valence-corrected chi connectivity index (χ2v) is 7.52. The number of urea groups is 1. The second-order valence-electron chi connectivity index (χ2n) is 7.52. The lowest BCUT2D eigenvalue weighted by atomic mass is 9.53. The van der Waals surface area contributed by atoms with E-state index >= 15 is 0 Å². The molecule has 2 amide bonds. The number of carbonyl (C=O) groups is 1. The van der Waals surface area contributed by atoms with Gasteiger partial charge in [-0.15, -0.1) is 0 Å². The summed E-state index contributed by atoms with van der Waals surface area (Å²) in [6, 6.07) is 3.85. The highest BCUT2D eigenvalue weighted by Gasteiger charge is 2.51. The minimum absolute atomic E-state index is 0.0439. The molecule has 0 heterocycles. The van der Waals surface area contributed by atoms with E-state index < -0.39 is 0 Å². The van der Waals surface area contributed by atoms with Crippen molar-refractivity contribution in [2.75, 3.05) is 5.32 Å². The van der Waals surface area contributed by atoms with Crippen LogP contribution in [0.15, 0.2) is 18.2 Å². The van der Waals surface area contributed by atoms with E-state index in [9.17, 15) is 15.0 Å². The first-order chi connectivity index (χ1) is 10.5. The number of benzene rings is 1. The molecule has 4 N–H and O–H groups in total. The van der Waals surface area contributed by atoms with Gasteiger partial charge in [0.05, 0.1) is 0 Å². The molecule has 1 aromatic rings. The summed E-state index contributed by atoms with van der Waals surface area (Å²) in [5.74, 6) is 2.19. The summed E-state index contributed by atoms with van der Waals surface area (Å²) in [4.78, 5) is 12.3. The quantitative estimate of drug-likeness (QED) is 0.677. The number of hydrogen-bond acceptors (Lipinski definition) is 3. The molecule has 0 spiro atoms. The normalized spacial score (nSPS) is 35.4. The molecule has 5 nitrogen and oxygen atoms in total. The first-order valence-electron chi connectivity index (χ1n) is 8.12. The van der Waals surface area contributed by atoms with Gasteiger partial charge >= 0.3 is 6.03 Å². The highest BCUT2D eigenvalue weighted by atomic mass is 16.3. The van der Waals surface area contributed by atoms with E-state index in [2.05, 4.69) is 10.6 Å². The molecule has 0 atom stereocenters. The molecule has 118 valence electrons. The number of anilines is 1. The van der Waals surface area contributed by atoms with E-state index in [0.29, 0.717) is 5.69 Å². The van der Waals surface area contributed by atoms with Gasteiger partial charge in [-0.2, -0.15) is 0 Å². The summed E-state index contributed by atoms with van der Waals surface area (Å²) >= 11 is 0. The van der Waals surface area contributed by atoms with Gasteiger partial charge in [0.2, 0.25) is 0 Å². The van der Waals surface area contributed by atoms with E-state index in [1.54, 1.807) is 0 Å². The fraction of sp³-hybridized carbons (Fsp3) is 0.588. The molecule has 5 heteroatoms. The predicted octanol–water partition coefficient (Wildman–Crippen LogP) is 3.19. The number of phenols is 2. The summed E-state index contributed by atoms with van der Waals surface area (Å²) in [5.41, 5.74) is 0.359. The zero-order valence-corrected chi connectivity index (χ0v) is 12.5. The second kappa shape index (κ2) is 4.80. The third-order valence-electron chi connectivity index (χ3n) is 5.58. The van der Waals surface area contributed by atoms with Gasteiger partial charge in [0.1, 0.15) is 11.5 Å². The van der Waals surface area contributed by atoms with Gasteiger partial charge in [0.15, 0.2) is 0 Å². The average Bonchev–Trinajstić information content (AvgIpc) is 2.33. The van der Waals surface area contributed by atoms with Crippen molar-refractivity contribution in [3.05, 3.63) is 18.2 Å². The summed E-state index contributed by atoms with van der Waals surface area (Å²) < 4.78 is 0. The fourth-order valence-corrected chi connectivity index (χ4v) is 5.33. The monoisotopic (exact) mass is 302 g/mol. The summed E-state index contributed by atoms with van der Waals surface area (Å²) in [6.45, 7) is 0. The van der Waals surface area contributed by atoms with Crippen molar-refractivity contribution in [1.29, 1.82) is 0 Å². The van der Waals surface area contributed by atoms with Crippen LogP contribution in [0.5, 0.6) is 11.5 Å². The molecule has 0 aromatic heterocycles. The van der Waals surface area contributed by atoms with E-state index in [1.165, 1.54) is 37.5 Å². The maximum atomic E-state index is 12.3. The van der Waals surface area contributed by atoms with Crippen molar-refractivity contribution < 1.29 is 15.0 Å². The molecule has 4 bridgehead atoms. The van der Waals surface area contributed by atoms with Crippen LogP contribution in [0, 0.1) is 17.8 Å². The smallest absolute Gasteiger partial charge is 0.319 e. The Bertz CT molecular complexity index is 558. The number of rotatable bonds is 2. The van der Waals surface area contributed by atoms with Crippen molar-refractivity contribution in [2.45, 2.75) is 44.1 Å². The number of aromatic hydroxyl groups is 2. The summed E-state index contributed by atoms with van der Waals surface area (Å²) in [5, 5.41) is 24.9. The molecule has 22 heavy (non-hydrogen) atoms. The Morgan fingerprint density at radius 3 is 1.95 bits per heavy atom. The molecule has 0 radical (unpaired) electrons. The van der Waals surface area contributed by atoms with E-state index in [4.69, 9.17) is 0 Å². The first kappa shape index (κ1) is 13.7. The molecule has 0 unspecified atom stereocenters. The Hall–Kier alpha value is -1.91. The lowest BCUT2D eigenvalue weighted by molar-refractivity contribution is -0.0127. The van der Waals surface area contributed by atoms with Crippen LogP contribution in [-0.2, 0) is 0 Å². The number of nitrogens with one attached hydrogen (secondary N) is 2. The Morgan fingerprint density at radius 2 is 1.45 bits per heavy atom. The van der Waals surface area contributed by atoms with Crippen molar-refractivity contribution in [3.8, 4) is 11.5 Å². The molecule has 4 fully saturated rings. The van der Waals surface area contributed by atoms with Gasteiger partial charge in [0, 0.05) is 29.4 Å². The minimum atomic E-state index is -0.244. The maximum absolute atomic E-state index is 12.3. The highest BCUT2D eigenvalue weighted by molar-refractivity contribution is 5.90. The predicted molar refractivity (Wildman–Crippen MR) is 82.8 cm³/mol. The molecular formula is C17H22N2O3. The molecular weight excluding hydrogens is 280 g/mol. The van der Waals surface area contributed by atoms with Crippen LogP contribution in [-0.4, -0.2) is 21.8 Å². The minimum Gasteiger partial charge on any atom is -0.508 e. The maximum Gasteiger partial charge on any atom is 0.319 e. The Kier molecular flexibility index (Phi) is 2.99. The number of carbonyl (C=O) groups excluding carboxylic acids is 1. The summed E-state index contributed by atoms with van der Waals surface area (Å²) in [6.07, 6.45) is 7.29. The van der Waals surface area contributed by atoms with Gasteiger partial charge in [-0.3, -0.25) is 0 Å². The van der Waals surface area contributed by atoms with Gasteiger partial charge in [-0.1, -0.05) is 0 Å². The lowest BCUT2D eigenvalue weighted by Crippen LogP contribution is -2.60. The van der Waals surface area contributed by atoms with Gasteiger partial charge in [0.25, 0.3) is 0 Å². The van der Waals surface area contributed by atoms with Crippen LogP contribution < -0.4 is 10.6 Å². The first-order valence-corrected chi connectivity index (χ1v) is 8.12. The summed E-state index contributed by atoms with van der Waals surface area (Å²) in [7, 11) is 0. The topological polar surface area (TPSA) is 81.6 Å². The number of amides is 2. The lowest BCUT2D eigenvalue weighted by Gasteiger charge is -2.56. The standard InChI is InChI=1S/C17H22N2O3/c20-14-4-13(5-15(21)6-14)18-16(22)19-17-7-10-1-11(8-17)3-12(2-10)9-17/h4-6,10-12,20-21H,1-3,7-9H2,(H2,18,19,22). The third-order valence-corrected chi connectivity index (χ3v) is 5.58. The molecule has 0 aliphatic heterocycles. The highest BCUT2D eigenvalue weighted by Crippen LogP contribution is 2.55. The van der Waals surface area contributed by atoms with Crippen molar-refractivity contribution in [1.82, 2.24) is 5.32 Å². The van der Waals surface area contributed by atoms with Crippen molar-refractivity contribution in [3.63, 3.8) is 0 Å². The molecule has 0 saturated heterocycles. The van der Waals surface area contributed by atoms with Crippen LogP contribution in [0.2, 0.25) is 0 Å². The third kappa shape index (κ3) is 2.49. The largest absolute Gasteiger partial charge is 0.508 e. The van der Waals surface area contributed by atoms with Crippen molar-refractivity contribution in [2.24, 2.45) is 17.8 Å². The van der Waals surface area contributed by atoms with Crippen LogP contribution in [0.3, 0.4) is 0 Å². The molecule has 4 saturated carbocycles. The zero-order chi connectivity index (χ0) is 15.3. The van der Waals surface area contributed by atoms with Crippen LogP contribution in [0.25, 0.3) is 0 Å². The van der Waals surface area contributed by atoms with Crippen LogP contribution >= 0.6 is 0 Å². The zero-order valence-electron chi connectivity index (χ0n) is 12.5. The van der Waals surface area contributed by atoms with Gasteiger partial charge in [-0.25, -0.2) is 4.79 Å². The van der Waals surface area contributed by atoms with E-state index in [0.717, 1.165) is 37.0 Å². The van der Waals surface area contributed by atoms with Gasteiger partial charge in [-0.05, 0) is 56.3 Å². The Balaban J connectivity index is 1.46. The Morgan fingerprint density at radius 1 is 0.955 bits per heavy atom. The number of phenolic OH excluding ortho intramolecular Hbond substituents is 2. The van der Waals surface area contributed by atoms with Crippen LogP contribution in [0.1, 0.15) is 38.5 Å². The molecule has 4 aliphatic carbocycles. The van der Waals surface area contributed by atoms with E-state index in [1.807, 2.05) is 0 Å².